The Balaban J connectivity index is 1.94. The van der Waals surface area contributed by atoms with E-state index in [2.05, 4.69) is 31.2 Å². The van der Waals surface area contributed by atoms with Crippen LogP contribution in [0.3, 0.4) is 0 Å². The van der Waals surface area contributed by atoms with Crippen molar-refractivity contribution in [2.75, 3.05) is 0 Å². The van der Waals surface area contributed by atoms with Crippen molar-refractivity contribution < 1.29 is 14.4 Å². The molecule has 0 radical (unpaired) electrons. The van der Waals surface area contributed by atoms with Gasteiger partial charge >= 0.3 is 0 Å². The fourth-order valence-corrected chi connectivity index (χ4v) is 2.80. The van der Waals surface area contributed by atoms with Gasteiger partial charge in [-0.05, 0) is 30.2 Å². The summed E-state index contributed by atoms with van der Waals surface area (Å²) in [5, 5.41) is 16.6. The second-order valence-corrected chi connectivity index (χ2v) is 6.70. The first-order chi connectivity index (χ1) is 12.0. The highest BCUT2D eigenvalue weighted by atomic mass is 79.9. The number of aromatic nitrogens is 4. The van der Waals surface area contributed by atoms with Gasteiger partial charge in [-0.3, -0.25) is 10.0 Å². The molecular formula is C16H16BrN5O3. The Morgan fingerprint density at radius 2 is 2.24 bits per heavy atom. The quantitative estimate of drug-likeness (QED) is 0.383. The van der Waals surface area contributed by atoms with Crippen molar-refractivity contribution >= 4 is 39.0 Å². The van der Waals surface area contributed by atoms with Crippen molar-refractivity contribution in [2.45, 2.75) is 19.9 Å². The van der Waals surface area contributed by atoms with Crippen molar-refractivity contribution in [3.8, 4) is 0 Å². The molecule has 0 saturated carbocycles. The molecule has 1 amide bonds. The van der Waals surface area contributed by atoms with Gasteiger partial charge in [-0.1, -0.05) is 35.0 Å². The molecule has 0 aliphatic carbocycles. The molecule has 25 heavy (non-hydrogen) atoms. The number of rotatable bonds is 5. The first-order valence-corrected chi connectivity index (χ1v) is 8.37. The van der Waals surface area contributed by atoms with Crippen molar-refractivity contribution in [1.82, 2.24) is 25.5 Å². The number of nitrogens with zero attached hydrogens (tertiary/aromatic N) is 4. The average molecular weight is 406 g/mol. The van der Waals surface area contributed by atoms with Crippen molar-refractivity contribution in [3.05, 3.63) is 46.5 Å². The van der Waals surface area contributed by atoms with E-state index in [0.717, 1.165) is 16.1 Å². The van der Waals surface area contributed by atoms with E-state index in [9.17, 15) is 4.79 Å². The van der Waals surface area contributed by atoms with E-state index in [1.807, 2.05) is 32.0 Å². The summed E-state index contributed by atoms with van der Waals surface area (Å²) in [6.45, 7) is 4.07. The number of oxazole rings is 1. The van der Waals surface area contributed by atoms with Crippen LogP contribution in [0.5, 0.6) is 0 Å². The summed E-state index contributed by atoms with van der Waals surface area (Å²) < 4.78 is 8.47. The summed E-state index contributed by atoms with van der Waals surface area (Å²) in [5.74, 6) is 0.0480. The third-order valence-corrected chi connectivity index (χ3v) is 4.07. The number of hydrogen-bond acceptors (Lipinski definition) is 6. The zero-order chi connectivity index (χ0) is 18.0. The molecule has 130 valence electrons. The molecule has 0 fully saturated rings. The van der Waals surface area contributed by atoms with Gasteiger partial charge in [0.05, 0.1) is 6.20 Å². The van der Waals surface area contributed by atoms with E-state index >= 15 is 0 Å². The van der Waals surface area contributed by atoms with Crippen LogP contribution in [0.25, 0.3) is 17.2 Å². The van der Waals surface area contributed by atoms with Gasteiger partial charge in [0.25, 0.3) is 5.91 Å². The number of nitrogens with one attached hydrogen (secondary N) is 1. The Morgan fingerprint density at radius 3 is 2.96 bits per heavy atom. The van der Waals surface area contributed by atoms with Crippen LogP contribution >= 0.6 is 15.9 Å². The van der Waals surface area contributed by atoms with E-state index in [4.69, 9.17) is 9.62 Å². The molecule has 3 rings (SSSR count). The van der Waals surface area contributed by atoms with E-state index in [1.54, 1.807) is 10.9 Å². The van der Waals surface area contributed by atoms with Gasteiger partial charge < -0.3 is 4.42 Å². The standard InChI is InChI=1S/C16H16BrN5O3/c1-9(2)15(16-18-12-7-10(17)3-5-13(12)25-16)22-8-11(19-21-22)4-6-14(23)20-24/h3-9,15,24H,1-2H3,(H,20,23)/b6-4+. The third kappa shape index (κ3) is 3.77. The SMILES string of the molecule is CC(C)C(c1nc2cc(Br)ccc2o1)n1cc(/C=C/C(=O)NO)nn1. The largest absolute Gasteiger partial charge is 0.438 e. The number of hydroxylamine groups is 1. The Bertz CT molecular complexity index is 931. The number of carbonyl (C=O) groups is 1. The lowest BCUT2D eigenvalue weighted by atomic mass is 10.0. The van der Waals surface area contributed by atoms with Crippen LogP contribution in [-0.2, 0) is 4.79 Å². The van der Waals surface area contributed by atoms with E-state index in [1.165, 1.54) is 11.6 Å². The first kappa shape index (κ1) is 17.3. The second-order valence-electron chi connectivity index (χ2n) is 5.79. The molecule has 2 N–H and O–H groups in total. The Hall–Kier alpha value is -2.52. The van der Waals surface area contributed by atoms with Crippen LogP contribution in [-0.4, -0.2) is 31.1 Å². The van der Waals surface area contributed by atoms with Gasteiger partial charge in [0.2, 0.25) is 5.89 Å². The molecule has 0 aliphatic rings. The molecule has 0 bridgehead atoms. The number of carbonyl (C=O) groups excluding carboxylic acids is 1. The van der Waals surface area contributed by atoms with Gasteiger partial charge in [0.15, 0.2) is 5.58 Å². The fraction of sp³-hybridized carbons (Fsp3) is 0.250. The minimum absolute atomic E-state index is 0.149. The average Bonchev–Trinajstić information content (AvgIpc) is 3.19. The topological polar surface area (TPSA) is 106 Å². The Kier molecular flexibility index (Phi) is 4.95. The highest BCUT2D eigenvalue weighted by Gasteiger charge is 2.25. The van der Waals surface area contributed by atoms with E-state index in [-0.39, 0.29) is 12.0 Å². The predicted molar refractivity (Wildman–Crippen MR) is 93.7 cm³/mol. The molecule has 1 atom stereocenters. The summed E-state index contributed by atoms with van der Waals surface area (Å²) in [7, 11) is 0. The minimum Gasteiger partial charge on any atom is -0.438 e. The summed E-state index contributed by atoms with van der Waals surface area (Å²) in [6.07, 6.45) is 4.31. The zero-order valence-corrected chi connectivity index (χ0v) is 15.1. The number of amides is 1. The highest BCUT2D eigenvalue weighted by Crippen LogP contribution is 2.29. The molecule has 3 aromatic rings. The smallest absolute Gasteiger partial charge is 0.267 e. The molecule has 1 aromatic carbocycles. The molecule has 2 heterocycles. The van der Waals surface area contributed by atoms with Crippen LogP contribution in [0.2, 0.25) is 0 Å². The number of halogens is 1. The van der Waals surface area contributed by atoms with Crippen molar-refractivity contribution in [3.63, 3.8) is 0 Å². The molecule has 9 heteroatoms. The molecule has 8 nitrogen and oxygen atoms in total. The van der Waals surface area contributed by atoms with Crippen LogP contribution < -0.4 is 5.48 Å². The van der Waals surface area contributed by atoms with Crippen LogP contribution in [0.1, 0.15) is 31.5 Å². The van der Waals surface area contributed by atoms with Crippen molar-refractivity contribution in [2.24, 2.45) is 5.92 Å². The lowest BCUT2D eigenvalue weighted by molar-refractivity contribution is -0.124. The normalized spacial score (nSPS) is 13.0. The molecule has 1 unspecified atom stereocenters. The summed E-state index contributed by atoms with van der Waals surface area (Å²) in [4.78, 5) is 15.6. The van der Waals surface area contributed by atoms with Gasteiger partial charge in [-0.15, -0.1) is 5.10 Å². The van der Waals surface area contributed by atoms with Gasteiger partial charge in [0, 0.05) is 10.5 Å². The van der Waals surface area contributed by atoms with Crippen molar-refractivity contribution in [1.29, 1.82) is 0 Å². The summed E-state index contributed by atoms with van der Waals surface area (Å²) in [5.41, 5.74) is 3.46. The monoisotopic (exact) mass is 405 g/mol. The van der Waals surface area contributed by atoms with E-state index < -0.39 is 5.91 Å². The number of benzene rings is 1. The zero-order valence-electron chi connectivity index (χ0n) is 13.5. The second kappa shape index (κ2) is 7.16. The highest BCUT2D eigenvalue weighted by molar-refractivity contribution is 9.10. The molecular weight excluding hydrogens is 390 g/mol. The predicted octanol–water partition coefficient (Wildman–Crippen LogP) is 2.95. The van der Waals surface area contributed by atoms with Gasteiger partial charge in [-0.2, -0.15) is 0 Å². The maximum absolute atomic E-state index is 11.1. The number of fused-ring (bicyclic) bond motifs is 1. The molecule has 2 aromatic heterocycles. The van der Waals surface area contributed by atoms with E-state index in [0.29, 0.717) is 17.2 Å². The van der Waals surface area contributed by atoms with Gasteiger partial charge in [-0.25, -0.2) is 15.1 Å². The number of hydrogen-bond donors (Lipinski definition) is 2. The lowest BCUT2D eigenvalue weighted by Gasteiger charge is -2.16. The molecule has 0 spiro atoms. The van der Waals surface area contributed by atoms with Crippen LogP contribution in [0.4, 0.5) is 0 Å². The lowest BCUT2D eigenvalue weighted by Crippen LogP contribution is -2.17. The third-order valence-electron chi connectivity index (χ3n) is 3.58. The minimum atomic E-state index is -0.639. The Morgan fingerprint density at radius 1 is 1.44 bits per heavy atom. The van der Waals surface area contributed by atoms with Crippen LogP contribution in [0, 0.1) is 5.92 Å². The maximum Gasteiger partial charge on any atom is 0.267 e. The summed E-state index contributed by atoms with van der Waals surface area (Å²) in [6, 6.07) is 5.40. The summed E-state index contributed by atoms with van der Waals surface area (Å²) >= 11 is 3.42. The fourth-order valence-electron chi connectivity index (χ4n) is 2.45. The first-order valence-electron chi connectivity index (χ1n) is 7.58. The molecule has 0 saturated heterocycles. The van der Waals surface area contributed by atoms with Gasteiger partial charge in [0.1, 0.15) is 17.3 Å². The molecule has 0 aliphatic heterocycles. The van der Waals surface area contributed by atoms with Crippen LogP contribution in [0.15, 0.2) is 39.4 Å². The maximum atomic E-state index is 11.1. The Labute approximate surface area is 151 Å².